The Kier molecular flexibility index (Phi) is 5.13. The summed E-state index contributed by atoms with van der Waals surface area (Å²) in [5.41, 5.74) is 1.88. The molecular formula is C21H16F2N4O2S. The van der Waals surface area contributed by atoms with Gasteiger partial charge in [0.15, 0.2) is 16.7 Å². The largest absolute Gasteiger partial charge is 0.494 e. The molecule has 0 aliphatic heterocycles. The van der Waals surface area contributed by atoms with Crippen molar-refractivity contribution in [1.29, 1.82) is 0 Å². The molecule has 9 heteroatoms. The van der Waals surface area contributed by atoms with Gasteiger partial charge in [-0.1, -0.05) is 12.1 Å². The van der Waals surface area contributed by atoms with Crippen molar-refractivity contribution in [2.45, 2.75) is 20.4 Å². The van der Waals surface area contributed by atoms with E-state index in [0.717, 1.165) is 11.8 Å². The number of pyridine rings is 1. The number of rotatable bonds is 4. The van der Waals surface area contributed by atoms with Gasteiger partial charge in [-0.3, -0.25) is 9.36 Å². The van der Waals surface area contributed by atoms with Crippen LogP contribution in [0, 0.1) is 25.6 Å². The van der Waals surface area contributed by atoms with Crippen molar-refractivity contribution in [3.05, 3.63) is 80.8 Å². The van der Waals surface area contributed by atoms with Crippen molar-refractivity contribution in [2.75, 3.05) is 0 Å². The van der Waals surface area contributed by atoms with Crippen LogP contribution in [0.3, 0.4) is 0 Å². The molecule has 1 aromatic carbocycles. The monoisotopic (exact) mass is 426 g/mol. The lowest BCUT2D eigenvalue weighted by Gasteiger charge is -2.14. The first-order chi connectivity index (χ1) is 14.3. The summed E-state index contributed by atoms with van der Waals surface area (Å²) in [6.45, 7) is 3.49. The first kappa shape index (κ1) is 19.8. The fraction of sp³-hybridized carbons (Fsp3) is 0.143. The van der Waals surface area contributed by atoms with Crippen LogP contribution in [-0.2, 0) is 6.54 Å². The summed E-state index contributed by atoms with van der Waals surface area (Å²) >= 11 is 1.29. The SMILES string of the molecule is Cc1csc(-c2nc(=O)cc(O)n2Cc2ccc(-c3ccc(F)nc3C)c(F)c2)n1. The average Bonchev–Trinajstić information content (AvgIpc) is 3.11. The molecule has 0 atom stereocenters. The zero-order valence-electron chi connectivity index (χ0n) is 16.1. The van der Waals surface area contributed by atoms with Crippen molar-refractivity contribution < 1.29 is 13.9 Å². The van der Waals surface area contributed by atoms with Crippen LogP contribution in [-0.4, -0.2) is 24.6 Å². The normalized spacial score (nSPS) is 11.1. The number of benzene rings is 1. The summed E-state index contributed by atoms with van der Waals surface area (Å²) in [7, 11) is 0. The van der Waals surface area contributed by atoms with E-state index in [1.165, 1.54) is 34.1 Å². The highest BCUT2D eigenvalue weighted by molar-refractivity contribution is 7.13. The minimum absolute atomic E-state index is 0.0743. The Morgan fingerprint density at radius 2 is 1.80 bits per heavy atom. The highest BCUT2D eigenvalue weighted by Crippen LogP contribution is 2.28. The predicted molar refractivity (Wildman–Crippen MR) is 109 cm³/mol. The van der Waals surface area contributed by atoms with Crippen LogP contribution in [0.2, 0.25) is 0 Å². The number of thiazole rings is 1. The summed E-state index contributed by atoms with van der Waals surface area (Å²) in [6, 6.07) is 8.26. The molecule has 0 radical (unpaired) electrons. The van der Waals surface area contributed by atoms with E-state index in [9.17, 15) is 18.7 Å². The van der Waals surface area contributed by atoms with Gasteiger partial charge >= 0.3 is 0 Å². The highest BCUT2D eigenvalue weighted by atomic mass is 32.1. The first-order valence-electron chi connectivity index (χ1n) is 8.97. The first-order valence-corrected chi connectivity index (χ1v) is 9.85. The number of aromatic nitrogens is 4. The van der Waals surface area contributed by atoms with Gasteiger partial charge in [-0.2, -0.15) is 9.37 Å². The van der Waals surface area contributed by atoms with Crippen molar-refractivity contribution in [3.8, 4) is 27.8 Å². The van der Waals surface area contributed by atoms with Crippen LogP contribution in [0.25, 0.3) is 22.0 Å². The zero-order chi connectivity index (χ0) is 21.4. The Hall–Kier alpha value is -3.46. The van der Waals surface area contributed by atoms with Crippen LogP contribution in [0.15, 0.2) is 46.6 Å². The molecule has 0 fully saturated rings. The third-order valence-electron chi connectivity index (χ3n) is 4.53. The van der Waals surface area contributed by atoms with Crippen LogP contribution >= 0.6 is 11.3 Å². The summed E-state index contributed by atoms with van der Waals surface area (Å²) < 4.78 is 29.5. The minimum Gasteiger partial charge on any atom is -0.494 e. The maximum atomic E-state index is 14.8. The van der Waals surface area contributed by atoms with Crippen LogP contribution < -0.4 is 5.56 Å². The number of aryl methyl sites for hydroxylation is 2. The van der Waals surface area contributed by atoms with Crippen molar-refractivity contribution in [3.63, 3.8) is 0 Å². The van der Waals surface area contributed by atoms with Crippen molar-refractivity contribution in [1.82, 2.24) is 19.5 Å². The second-order valence-electron chi connectivity index (χ2n) is 6.74. The van der Waals surface area contributed by atoms with Crippen molar-refractivity contribution >= 4 is 11.3 Å². The molecule has 0 saturated carbocycles. The third-order valence-corrected chi connectivity index (χ3v) is 5.48. The molecule has 0 aliphatic rings. The Morgan fingerprint density at radius 1 is 1.03 bits per heavy atom. The summed E-state index contributed by atoms with van der Waals surface area (Å²) in [6.07, 6.45) is 0. The quantitative estimate of drug-likeness (QED) is 0.498. The number of hydrogen-bond donors (Lipinski definition) is 1. The van der Waals surface area contributed by atoms with Gasteiger partial charge in [0.25, 0.3) is 5.56 Å². The minimum atomic E-state index is -0.626. The highest BCUT2D eigenvalue weighted by Gasteiger charge is 2.16. The Morgan fingerprint density at radius 3 is 2.47 bits per heavy atom. The predicted octanol–water partition coefficient (Wildman–Crippen LogP) is 4.08. The Labute approximate surface area is 174 Å². The number of hydrogen-bond acceptors (Lipinski definition) is 6. The molecule has 1 N–H and O–H groups in total. The van der Waals surface area contributed by atoms with E-state index < -0.39 is 17.3 Å². The molecule has 6 nitrogen and oxygen atoms in total. The Bertz CT molecular complexity index is 1320. The Balaban J connectivity index is 1.74. The van der Waals surface area contributed by atoms with Gasteiger partial charge < -0.3 is 5.11 Å². The lowest BCUT2D eigenvalue weighted by molar-refractivity contribution is 0.417. The summed E-state index contributed by atoms with van der Waals surface area (Å²) in [5.74, 6) is -1.22. The van der Waals surface area contributed by atoms with E-state index in [0.29, 0.717) is 27.4 Å². The zero-order valence-corrected chi connectivity index (χ0v) is 16.9. The molecule has 0 unspecified atom stereocenters. The fourth-order valence-corrected chi connectivity index (χ4v) is 3.94. The molecule has 0 amide bonds. The summed E-state index contributed by atoms with van der Waals surface area (Å²) in [5, 5.41) is 12.6. The van der Waals surface area contributed by atoms with Gasteiger partial charge in [0, 0.05) is 27.9 Å². The molecular weight excluding hydrogens is 410 g/mol. The molecule has 152 valence electrons. The molecule has 30 heavy (non-hydrogen) atoms. The van der Waals surface area contributed by atoms with Crippen molar-refractivity contribution in [2.24, 2.45) is 0 Å². The molecule has 0 aliphatic carbocycles. The van der Waals surface area contributed by atoms with Gasteiger partial charge in [0.2, 0.25) is 5.95 Å². The number of nitrogens with zero attached hydrogens (tertiary/aromatic N) is 4. The molecule has 4 aromatic rings. The second-order valence-corrected chi connectivity index (χ2v) is 7.60. The molecule has 0 bridgehead atoms. The van der Waals surface area contributed by atoms with Gasteiger partial charge in [-0.25, -0.2) is 14.4 Å². The van der Waals surface area contributed by atoms with Gasteiger partial charge in [-0.05, 0) is 37.6 Å². The van der Waals surface area contributed by atoms with Gasteiger partial charge in [0.1, 0.15) is 5.82 Å². The van der Waals surface area contributed by atoms with E-state index in [1.807, 2.05) is 12.3 Å². The molecule has 3 heterocycles. The van der Waals surface area contributed by atoms with Crippen LogP contribution in [0.1, 0.15) is 17.0 Å². The third kappa shape index (κ3) is 3.84. The summed E-state index contributed by atoms with van der Waals surface area (Å²) in [4.78, 5) is 23.8. The van der Waals surface area contributed by atoms with Gasteiger partial charge in [-0.15, -0.1) is 11.3 Å². The number of aromatic hydroxyl groups is 1. The maximum Gasteiger partial charge on any atom is 0.277 e. The van der Waals surface area contributed by atoms with Crippen LogP contribution in [0.5, 0.6) is 5.88 Å². The molecule has 0 saturated heterocycles. The van der Waals surface area contributed by atoms with E-state index >= 15 is 0 Å². The molecule has 4 rings (SSSR count). The van der Waals surface area contributed by atoms with E-state index in [4.69, 9.17) is 0 Å². The molecule has 0 spiro atoms. The van der Waals surface area contributed by atoms with Crippen LogP contribution in [0.4, 0.5) is 8.78 Å². The second kappa shape index (κ2) is 7.75. The maximum absolute atomic E-state index is 14.8. The topological polar surface area (TPSA) is 80.9 Å². The van der Waals surface area contributed by atoms with E-state index in [-0.39, 0.29) is 18.2 Å². The molecule has 3 aromatic heterocycles. The number of halogens is 2. The standard InChI is InChI=1S/C21H16F2N4O2S/c1-11-10-30-21(24-11)20-26-18(28)8-19(29)27(20)9-13-3-4-15(16(22)7-13)14-5-6-17(23)25-12(14)2/h3-8,10,29H,9H2,1-2H3. The fourth-order valence-electron chi connectivity index (χ4n) is 3.14. The lowest BCUT2D eigenvalue weighted by atomic mass is 10.0. The smallest absolute Gasteiger partial charge is 0.277 e. The van der Waals surface area contributed by atoms with E-state index in [1.54, 1.807) is 19.1 Å². The van der Waals surface area contributed by atoms with E-state index in [2.05, 4.69) is 15.0 Å². The van der Waals surface area contributed by atoms with Gasteiger partial charge in [0.05, 0.1) is 12.6 Å². The average molecular weight is 426 g/mol. The lowest BCUT2D eigenvalue weighted by Crippen LogP contribution is -2.15.